The Kier molecular flexibility index (Phi) is 4.68. The Morgan fingerprint density at radius 2 is 2.25 bits per heavy atom. The summed E-state index contributed by atoms with van der Waals surface area (Å²) in [6, 6.07) is 3.87. The van der Waals surface area contributed by atoms with Gasteiger partial charge in [0.05, 0.1) is 17.6 Å². The maximum atomic E-state index is 5.50. The van der Waals surface area contributed by atoms with Crippen molar-refractivity contribution >= 4 is 22.9 Å². The molecule has 0 fully saturated rings. The second-order valence-electron chi connectivity index (χ2n) is 4.16. The zero-order chi connectivity index (χ0) is 12.1. The Morgan fingerprint density at radius 1 is 1.56 bits per heavy atom. The van der Waals surface area contributed by atoms with E-state index in [1.807, 2.05) is 18.3 Å². The van der Waals surface area contributed by atoms with Crippen molar-refractivity contribution in [2.75, 3.05) is 18.5 Å². The Bertz CT molecular complexity index is 348. The Morgan fingerprint density at radius 3 is 2.69 bits per heavy atom. The van der Waals surface area contributed by atoms with E-state index >= 15 is 0 Å². The van der Waals surface area contributed by atoms with Gasteiger partial charge in [0, 0.05) is 13.6 Å². The molecule has 4 heteroatoms. The summed E-state index contributed by atoms with van der Waals surface area (Å²) < 4.78 is 0. The fourth-order valence-corrected chi connectivity index (χ4v) is 1.58. The molecule has 1 aromatic rings. The number of nitrogens with zero attached hydrogens (tertiary/aromatic N) is 2. The van der Waals surface area contributed by atoms with Crippen LogP contribution < -0.4 is 10.6 Å². The molecule has 1 heterocycles. The molecular formula is C12H19N3S. The van der Waals surface area contributed by atoms with E-state index in [4.69, 9.17) is 18.0 Å². The van der Waals surface area contributed by atoms with Crippen LogP contribution in [0.15, 0.2) is 18.3 Å². The predicted molar refractivity (Wildman–Crippen MR) is 72.8 cm³/mol. The van der Waals surface area contributed by atoms with E-state index in [9.17, 15) is 0 Å². The van der Waals surface area contributed by atoms with Crippen LogP contribution in [0.25, 0.3) is 0 Å². The monoisotopic (exact) mass is 237 g/mol. The van der Waals surface area contributed by atoms with Gasteiger partial charge in [-0.1, -0.05) is 32.5 Å². The van der Waals surface area contributed by atoms with E-state index in [-0.39, 0.29) is 0 Å². The summed E-state index contributed by atoms with van der Waals surface area (Å²) >= 11 is 4.86. The lowest BCUT2D eigenvalue weighted by Crippen LogP contribution is -2.24. The van der Waals surface area contributed by atoms with E-state index in [2.05, 4.69) is 30.8 Å². The topological polar surface area (TPSA) is 42.1 Å². The molecule has 1 atom stereocenters. The molecule has 0 aromatic carbocycles. The van der Waals surface area contributed by atoms with Crippen LogP contribution >= 0.6 is 12.2 Å². The van der Waals surface area contributed by atoms with Crippen molar-refractivity contribution in [3.05, 3.63) is 24.0 Å². The molecule has 1 rings (SSSR count). The number of rotatable bonds is 5. The smallest absolute Gasteiger partial charge is 0.122 e. The van der Waals surface area contributed by atoms with Crippen molar-refractivity contribution in [1.29, 1.82) is 0 Å². The van der Waals surface area contributed by atoms with Gasteiger partial charge in [0.15, 0.2) is 0 Å². The quantitative estimate of drug-likeness (QED) is 0.797. The third-order valence-corrected chi connectivity index (χ3v) is 2.93. The van der Waals surface area contributed by atoms with E-state index in [0.717, 1.165) is 12.2 Å². The summed E-state index contributed by atoms with van der Waals surface area (Å²) in [5.41, 5.74) is 7.27. The van der Waals surface area contributed by atoms with Crippen molar-refractivity contribution in [2.24, 2.45) is 11.7 Å². The molecule has 0 aliphatic rings. The molecule has 0 aliphatic carbocycles. The number of anilines is 1. The van der Waals surface area contributed by atoms with Crippen molar-refractivity contribution < 1.29 is 0 Å². The number of hydrogen-bond donors (Lipinski definition) is 1. The molecule has 2 N–H and O–H groups in total. The van der Waals surface area contributed by atoms with Crippen molar-refractivity contribution in [1.82, 2.24) is 4.98 Å². The highest BCUT2D eigenvalue weighted by atomic mass is 32.1. The molecule has 0 saturated heterocycles. The first-order valence-electron chi connectivity index (χ1n) is 5.51. The molecule has 88 valence electrons. The summed E-state index contributed by atoms with van der Waals surface area (Å²) in [5.74, 6) is 0.681. The molecular weight excluding hydrogens is 218 g/mol. The number of pyridine rings is 1. The molecule has 0 bridgehead atoms. The Labute approximate surface area is 103 Å². The summed E-state index contributed by atoms with van der Waals surface area (Å²) in [6.07, 6.45) is 3.00. The highest BCUT2D eigenvalue weighted by Crippen LogP contribution is 2.14. The molecule has 0 radical (unpaired) electrons. The van der Waals surface area contributed by atoms with Crippen LogP contribution in [0.5, 0.6) is 0 Å². The predicted octanol–water partition coefficient (Wildman–Crippen LogP) is 2.20. The van der Waals surface area contributed by atoms with Gasteiger partial charge in [-0.3, -0.25) is 4.98 Å². The summed E-state index contributed by atoms with van der Waals surface area (Å²) in [5, 5.41) is 0. The first-order valence-corrected chi connectivity index (χ1v) is 5.92. The lowest BCUT2D eigenvalue weighted by molar-refractivity contribution is 0.559. The van der Waals surface area contributed by atoms with E-state index in [0.29, 0.717) is 16.6 Å². The minimum Gasteiger partial charge on any atom is -0.388 e. The average molecular weight is 237 g/mol. The molecule has 0 aliphatic heterocycles. The SMILES string of the molecule is CCC(C)CN(C)c1ccc(C(N)=S)nc1. The Hall–Kier alpha value is -1.16. The van der Waals surface area contributed by atoms with Crippen molar-refractivity contribution in [3.63, 3.8) is 0 Å². The highest BCUT2D eigenvalue weighted by molar-refractivity contribution is 7.80. The van der Waals surface area contributed by atoms with Crippen LogP contribution in [0.4, 0.5) is 5.69 Å². The molecule has 0 spiro atoms. The van der Waals surface area contributed by atoms with Crippen LogP contribution in [0.1, 0.15) is 26.0 Å². The minimum absolute atomic E-state index is 0.344. The summed E-state index contributed by atoms with van der Waals surface area (Å²) in [6.45, 7) is 5.48. The van der Waals surface area contributed by atoms with Gasteiger partial charge in [-0.25, -0.2) is 0 Å². The standard InChI is InChI=1S/C12H19N3S/c1-4-9(2)8-15(3)10-5-6-11(12(13)16)14-7-10/h5-7,9H,4,8H2,1-3H3,(H2,13,16). The zero-order valence-corrected chi connectivity index (χ0v) is 10.9. The van der Waals surface area contributed by atoms with Crippen molar-refractivity contribution in [3.8, 4) is 0 Å². The third kappa shape index (κ3) is 3.45. The van der Waals surface area contributed by atoms with Crippen LogP contribution in [-0.2, 0) is 0 Å². The van der Waals surface area contributed by atoms with Crippen LogP contribution in [0.3, 0.4) is 0 Å². The fraction of sp³-hybridized carbons (Fsp3) is 0.500. The van der Waals surface area contributed by atoms with Gasteiger partial charge in [-0.15, -0.1) is 0 Å². The Balaban J connectivity index is 2.70. The maximum absolute atomic E-state index is 5.50. The van der Waals surface area contributed by atoms with Gasteiger partial charge in [0.1, 0.15) is 4.99 Å². The largest absolute Gasteiger partial charge is 0.388 e. The number of aromatic nitrogens is 1. The highest BCUT2D eigenvalue weighted by Gasteiger charge is 2.06. The zero-order valence-electron chi connectivity index (χ0n) is 10.1. The third-order valence-electron chi connectivity index (χ3n) is 2.72. The molecule has 3 nitrogen and oxygen atoms in total. The van der Waals surface area contributed by atoms with E-state index in [1.165, 1.54) is 6.42 Å². The van der Waals surface area contributed by atoms with Gasteiger partial charge >= 0.3 is 0 Å². The molecule has 16 heavy (non-hydrogen) atoms. The second-order valence-corrected chi connectivity index (χ2v) is 4.60. The van der Waals surface area contributed by atoms with E-state index in [1.54, 1.807) is 0 Å². The summed E-state index contributed by atoms with van der Waals surface area (Å²) in [7, 11) is 2.07. The fourth-order valence-electron chi connectivity index (χ4n) is 1.46. The summed E-state index contributed by atoms with van der Waals surface area (Å²) in [4.78, 5) is 6.77. The van der Waals surface area contributed by atoms with Crippen molar-refractivity contribution in [2.45, 2.75) is 20.3 Å². The van der Waals surface area contributed by atoms with Gasteiger partial charge in [-0.05, 0) is 18.1 Å². The van der Waals surface area contributed by atoms with Gasteiger partial charge in [0.25, 0.3) is 0 Å². The van der Waals surface area contributed by atoms with Crippen LogP contribution in [0, 0.1) is 5.92 Å². The first-order chi connectivity index (χ1) is 7.54. The lowest BCUT2D eigenvalue weighted by Gasteiger charge is -2.22. The molecule has 1 aromatic heterocycles. The second kappa shape index (κ2) is 5.80. The first kappa shape index (κ1) is 12.9. The van der Waals surface area contributed by atoms with Crippen LogP contribution in [-0.4, -0.2) is 23.6 Å². The van der Waals surface area contributed by atoms with Crippen LogP contribution in [0.2, 0.25) is 0 Å². The maximum Gasteiger partial charge on any atom is 0.122 e. The molecule has 1 unspecified atom stereocenters. The lowest BCUT2D eigenvalue weighted by atomic mass is 10.1. The average Bonchev–Trinajstić information content (AvgIpc) is 2.28. The number of thiocarbonyl (C=S) groups is 1. The number of nitrogens with two attached hydrogens (primary N) is 1. The minimum atomic E-state index is 0.344. The molecule has 0 saturated carbocycles. The van der Waals surface area contributed by atoms with Gasteiger partial charge in [-0.2, -0.15) is 0 Å². The molecule has 0 amide bonds. The normalized spacial score (nSPS) is 12.2. The number of hydrogen-bond acceptors (Lipinski definition) is 3. The van der Waals surface area contributed by atoms with Gasteiger partial charge in [0.2, 0.25) is 0 Å². The van der Waals surface area contributed by atoms with E-state index < -0.39 is 0 Å². The van der Waals surface area contributed by atoms with Gasteiger partial charge < -0.3 is 10.6 Å².